The summed E-state index contributed by atoms with van der Waals surface area (Å²) in [5, 5.41) is 22.8. The third-order valence-corrected chi connectivity index (χ3v) is 13.7. The molecule has 2 spiro atoms. The van der Waals surface area contributed by atoms with Gasteiger partial charge in [0.1, 0.15) is 18.0 Å². The normalized spacial score (nSPS) is 48.5. The Kier molecular flexibility index (Phi) is 6.87. The molecule has 5 saturated carbocycles. The summed E-state index contributed by atoms with van der Waals surface area (Å²) < 4.78 is 6.03. The van der Waals surface area contributed by atoms with Crippen molar-refractivity contribution >= 4 is 17.5 Å². The number of carbonyl (C=O) groups is 3. The van der Waals surface area contributed by atoms with E-state index in [-0.39, 0.29) is 75.4 Å². The molecular formula is C33H50O6. The molecule has 0 aromatic carbocycles. The van der Waals surface area contributed by atoms with Crippen LogP contribution in [0.5, 0.6) is 0 Å². The number of Topliss-reactive ketones (excluding diaryl/α,β-unsaturated/α-hetero) is 2. The highest BCUT2D eigenvalue weighted by Crippen LogP contribution is 2.88. The van der Waals surface area contributed by atoms with Crippen LogP contribution in [-0.4, -0.2) is 46.1 Å². The Hall–Kier alpha value is -1.53. The van der Waals surface area contributed by atoms with Crippen LogP contribution in [0.4, 0.5) is 0 Å². The lowest BCUT2D eigenvalue weighted by Crippen LogP contribution is -2.58. The van der Waals surface area contributed by atoms with Gasteiger partial charge in [-0.15, -0.1) is 0 Å². The van der Waals surface area contributed by atoms with Crippen molar-refractivity contribution in [2.45, 2.75) is 118 Å². The minimum absolute atomic E-state index is 0.0000192. The van der Waals surface area contributed by atoms with E-state index in [9.17, 15) is 24.6 Å². The summed E-state index contributed by atoms with van der Waals surface area (Å²) >= 11 is 0. The Morgan fingerprint density at radius 2 is 1.82 bits per heavy atom. The summed E-state index contributed by atoms with van der Waals surface area (Å²) in [6.07, 6.45) is 4.38. The monoisotopic (exact) mass is 542 g/mol. The standard InChI is InChI=1S/C33H50O6/c1-9-17(2)18(3)28(37)29(38)20(5)27-24(39-21(6)34)15-31(8)25-11-10-22-19(4)23(35)14-26(36)33(22)16-32(25,33)13-12-30(27,31)7/h17,19-20,22,24-27,29,36,38H,3,9-16H2,1-2,4-8H3/t17-,19-,20-,22-,24-,25-,26-,27-,29+,30+,31-,32-,33+/m0/s1. The first-order valence-electron chi connectivity index (χ1n) is 15.4. The number of hydrogen-bond acceptors (Lipinski definition) is 6. The smallest absolute Gasteiger partial charge is 0.302 e. The zero-order valence-corrected chi connectivity index (χ0v) is 25.1. The number of aliphatic hydroxyl groups is 2. The SMILES string of the molecule is C=C(C(=O)[C@H](O)[C@@H](C)[C@H]1[C@@H](OC(C)=O)C[C@@]2(C)[C@@H]3CC[C@H]4[C@H](C)C(=O)C[C@H](O)[C@@]45C[C@@]35CC[C@]12C)[C@@H](C)CC. The van der Waals surface area contributed by atoms with Crippen molar-refractivity contribution in [3.63, 3.8) is 0 Å². The van der Waals surface area contributed by atoms with Gasteiger partial charge >= 0.3 is 5.97 Å². The Balaban J connectivity index is 1.51. The van der Waals surface area contributed by atoms with Gasteiger partial charge in [0.05, 0.1) is 6.10 Å². The van der Waals surface area contributed by atoms with Gasteiger partial charge in [0.2, 0.25) is 0 Å². The predicted octanol–water partition coefficient (Wildman–Crippen LogP) is 5.29. The zero-order valence-electron chi connectivity index (χ0n) is 25.1. The molecule has 5 fully saturated rings. The molecule has 0 aliphatic heterocycles. The van der Waals surface area contributed by atoms with Gasteiger partial charge in [0.15, 0.2) is 5.78 Å². The van der Waals surface area contributed by atoms with E-state index in [0.29, 0.717) is 17.9 Å². The summed E-state index contributed by atoms with van der Waals surface area (Å²) in [5.41, 5.74) is -0.143. The lowest BCUT2D eigenvalue weighted by molar-refractivity contribution is -0.168. The van der Waals surface area contributed by atoms with Gasteiger partial charge in [0.25, 0.3) is 0 Å². The van der Waals surface area contributed by atoms with Crippen molar-refractivity contribution in [1.82, 2.24) is 0 Å². The molecule has 5 aliphatic rings. The Morgan fingerprint density at radius 1 is 1.15 bits per heavy atom. The van der Waals surface area contributed by atoms with E-state index in [1.807, 2.05) is 20.8 Å². The Morgan fingerprint density at radius 3 is 2.44 bits per heavy atom. The fourth-order valence-corrected chi connectivity index (χ4v) is 11.3. The van der Waals surface area contributed by atoms with Crippen molar-refractivity contribution < 1.29 is 29.3 Å². The Labute approximate surface area is 234 Å². The third kappa shape index (κ3) is 3.62. The lowest BCUT2D eigenvalue weighted by atomic mass is 9.42. The summed E-state index contributed by atoms with van der Waals surface area (Å²) in [5.74, 6) is -0.412. The minimum atomic E-state index is -1.19. The number of ketones is 2. The van der Waals surface area contributed by atoms with Gasteiger partial charge in [-0.05, 0) is 90.4 Å². The highest BCUT2D eigenvalue weighted by Gasteiger charge is 2.84. The summed E-state index contributed by atoms with van der Waals surface area (Å²) in [6.45, 7) is 18.1. The van der Waals surface area contributed by atoms with Gasteiger partial charge < -0.3 is 14.9 Å². The van der Waals surface area contributed by atoms with Gasteiger partial charge in [-0.3, -0.25) is 14.4 Å². The maximum Gasteiger partial charge on any atom is 0.302 e. The molecule has 39 heavy (non-hydrogen) atoms. The predicted molar refractivity (Wildman–Crippen MR) is 148 cm³/mol. The van der Waals surface area contributed by atoms with Crippen LogP contribution >= 0.6 is 0 Å². The van der Waals surface area contributed by atoms with E-state index in [1.165, 1.54) is 6.92 Å². The molecule has 13 atom stereocenters. The number of aliphatic hydroxyl groups excluding tert-OH is 2. The van der Waals surface area contributed by atoms with Gasteiger partial charge in [-0.25, -0.2) is 0 Å². The molecule has 0 saturated heterocycles. The molecule has 0 radical (unpaired) electrons. The molecule has 2 N–H and O–H groups in total. The maximum absolute atomic E-state index is 13.3. The van der Waals surface area contributed by atoms with Crippen LogP contribution in [0.3, 0.4) is 0 Å². The van der Waals surface area contributed by atoms with Crippen LogP contribution in [0.1, 0.15) is 99.8 Å². The van der Waals surface area contributed by atoms with Crippen molar-refractivity contribution in [1.29, 1.82) is 0 Å². The minimum Gasteiger partial charge on any atom is -0.462 e. The number of hydrogen-bond donors (Lipinski definition) is 2. The quantitative estimate of drug-likeness (QED) is 0.335. The number of fused-ring (bicyclic) bond motifs is 2. The number of esters is 1. The van der Waals surface area contributed by atoms with Crippen LogP contribution in [0.25, 0.3) is 0 Å². The van der Waals surface area contributed by atoms with Crippen LogP contribution in [0.15, 0.2) is 12.2 Å². The van der Waals surface area contributed by atoms with Crippen molar-refractivity contribution in [2.75, 3.05) is 0 Å². The van der Waals surface area contributed by atoms with Crippen LogP contribution in [-0.2, 0) is 19.1 Å². The molecule has 0 unspecified atom stereocenters. The molecule has 6 nitrogen and oxygen atoms in total. The second-order valence-corrected chi connectivity index (χ2v) is 14.8. The summed E-state index contributed by atoms with van der Waals surface area (Å²) in [7, 11) is 0. The molecule has 5 aliphatic carbocycles. The van der Waals surface area contributed by atoms with Crippen molar-refractivity contribution in [2.24, 2.45) is 57.2 Å². The van der Waals surface area contributed by atoms with E-state index >= 15 is 0 Å². The third-order valence-electron chi connectivity index (χ3n) is 13.7. The second kappa shape index (κ2) is 9.24. The lowest BCUT2D eigenvalue weighted by Gasteiger charge is -2.62. The largest absolute Gasteiger partial charge is 0.462 e. The first kappa shape index (κ1) is 29.0. The second-order valence-electron chi connectivity index (χ2n) is 14.8. The van der Waals surface area contributed by atoms with Gasteiger partial charge in [0, 0.05) is 30.6 Å². The van der Waals surface area contributed by atoms with E-state index in [4.69, 9.17) is 4.74 Å². The molecule has 0 amide bonds. The molecule has 6 heteroatoms. The first-order valence-corrected chi connectivity index (χ1v) is 15.4. The number of rotatable bonds is 7. The van der Waals surface area contributed by atoms with Crippen LogP contribution in [0, 0.1) is 57.2 Å². The van der Waals surface area contributed by atoms with E-state index in [1.54, 1.807) is 0 Å². The highest BCUT2D eigenvalue weighted by molar-refractivity contribution is 5.98. The highest BCUT2D eigenvalue weighted by atomic mass is 16.5. The van der Waals surface area contributed by atoms with Crippen LogP contribution < -0.4 is 0 Å². The molecular weight excluding hydrogens is 492 g/mol. The zero-order chi connectivity index (χ0) is 28.9. The summed E-state index contributed by atoms with van der Waals surface area (Å²) in [4.78, 5) is 38.4. The van der Waals surface area contributed by atoms with E-state index in [2.05, 4.69) is 27.4 Å². The molecule has 0 heterocycles. The fourth-order valence-electron chi connectivity index (χ4n) is 11.3. The molecule has 0 bridgehead atoms. The Bertz CT molecular complexity index is 1080. The van der Waals surface area contributed by atoms with Gasteiger partial charge in [-0.1, -0.05) is 48.1 Å². The first-order chi connectivity index (χ1) is 18.1. The molecule has 218 valence electrons. The van der Waals surface area contributed by atoms with Gasteiger partial charge in [-0.2, -0.15) is 0 Å². The van der Waals surface area contributed by atoms with E-state index < -0.39 is 18.1 Å². The van der Waals surface area contributed by atoms with Crippen molar-refractivity contribution in [3.8, 4) is 0 Å². The molecule has 5 rings (SSSR count). The summed E-state index contributed by atoms with van der Waals surface area (Å²) in [6, 6.07) is 0. The average molecular weight is 543 g/mol. The number of carbonyl (C=O) groups excluding carboxylic acids is 3. The molecule has 0 aromatic heterocycles. The number of ether oxygens (including phenoxy) is 1. The topological polar surface area (TPSA) is 101 Å². The van der Waals surface area contributed by atoms with Crippen LogP contribution in [0.2, 0.25) is 0 Å². The van der Waals surface area contributed by atoms with Crippen molar-refractivity contribution in [3.05, 3.63) is 12.2 Å². The molecule has 0 aromatic rings. The maximum atomic E-state index is 13.3. The average Bonchev–Trinajstić information content (AvgIpc) is 3.52. The fraction of sp³-hybridized carbons (Fsp3) is 0.848. The van der Waals surface area contributed by atoms with E-state index in [0.717, 1.165) is 38.5 Å².